The Morgan fingerprint density at radius 3 is 1.82 bits per heavy atom. The number of carboxylic acid groups (broad SMARTS) is 2. The molecule has 0 radical (unpaired) electrons. The monoisotopic (exact) mass is 548 g/mol. The standard InChI is InChI=1S/C26H48N2O10/c1-2-6-21(25(31)32)9-10-22(29)7-5-13-35-15-17-37-19-20-38-18-16-36-14-11-24(30)28-12-4-3-8-23(27)26(33)34/h21,23H,2-20,27H2,1H3,(H,28,30)(H,31,32)(H,33,34). The molecule has 222 valence electrons. The number of amides is 1. The molecule has 0 heterocycles. The van der Waals surface area contributed by atoms with Crippen LogP contribution < -0.4 is 11.1 Å². The third-order valence-corrected chi connectivity index (χ3v) is 5.67. The second kappa shape index (κ2) is 25.2. The van der Waals surface area contributed by atoms with Gasteiger partial charge in [0.15, 0.2) is 0 Å². The fourth-order valence-corrected chi connectivity index (χ4v) is 3.43. The first kappa shape index (κ1) is 35.9. The minimum atomic E-state index is -1.01. The maximum Gasteiger partial charge on any atom is 0.320 e. The molecule has 0 aliphatic rings. The van der Waals surface area contributed by atoms with E-state index in [9.17, 15) is 19.2 Å². The van der Waals surface area contributed by atoms with Gasteiger partial charge in [-0.05, 0) is 38.5 Å². The second-order valence-electron chi connectivity index (χ2n) is 8.99. The summed E-state index contributed by atoms with van der Waals surface area (Å²) in [6.45, 7) is 5.62. The minimum Gasteiger partial charge on any atom is -0.481 e. The van der Waals surface area contributed by atoms with E-state index in [1.165, 1.54) is 0 Å². The fraction of sp³-hybridized carbons (Fsp3) is 0.846. The van der Waals surface area contributed by atoms with Crippen LogP contribution in [0.1, 0.15) is 71.1 Å². The number of unbranched alkanes of at least 4 members (excludes halogenated alkanes) is 1. The number of carbonyl (C=O) groups is 4. The zero-order valence-electron chi connectivity index (χ0n) is 22.8. The summed E-state index contributed by atoms with van der Waals surface area (Å²) in [6, 6.07) is -0.856. The number of aliphatic carboxylic acids is 2. The number of hydrogen-bond acceptors (Lipinski definition) is 9. The summed E-state index contributed by atoms with van der Waals surface area (Å²) in [7, 11) is 0. The van der Waals surface area contributed by atoms with E-state index >= 15 is 0 Å². The van der Waals surface area contributed by atoms with Gasteiger partial charge in [-0.1, -0.05) is 13.3 Å². The number of Topliss-reactive ketones (excluding diaryl/α,β-unsaturated/α-hetero) is 1. The Bertz CT molecular complexity index is 648. The van der Waals surface area contributed by atoms with Gasteiger partial charge < -0.3 is 40.2 Å². The predicted molar refractivity (Wildman–Crippen MR) is 140 cm³/mol. The third kappa shape index (κ3) is 23.0. The summed E-state index contributed by atoms with van der Waals surface area (Å²) in [6.07, 6.45) is 5.04. The normalized spacial score (nSPS) is 12.7. The molecule has 0 saturated carbocycles. The van der Waals surface area contributed by atoms with Crippen molar-refractivity contribution in [1.82, 2.24) is 5.32 Å². The number of rotatable bonds is 28. The molecule has 12 heteroatoms. The van der Waals surface area contributed by atoms with Crippen molar-refractivity contribution in [2.45, 2.75) is 77.2 Å². The largest absolute Gasteiger partial charge is 0.481 e. The van der Waals surface area contributed by atoms with Crippen molar-refractivity contribution in [1.29, 1.82) is 0 Å². The molecule has 1 amide bonds. The van der Waals surface area contributed by atoms with Crippen LogP contribution in [0.25, 0.3) is 0 Å². The lowest BCUT2D eigenvalue weighted by atomic mass is 9.96. The van der Waals surface area contributed by atoms with Crippen molar-refractivity contribution in [3.8, 4) is 0 Å². The lowest BCUT2D eigenvalue weighted by Gasteiger charge is -2.10. The Balaban J connectivity index is 3.36. The van der Waals surface area contributed by atoms with Crippen LogP contribution in [0.4, 0.5) is 0 Å². The molecule has 0 aromatic rings. The third-order valence-electron chi connectivity index (χ3n) is 5.67. The summed E-state index contributed by atoms with van der Waals surface area (Å²) in [5, 5.41) is 20.6. The lowest BCUT2D eigenvalue weighted by molar-refractivity contribution is -0.142. The second-order valence-corrected chi connectivity index (χ2v) is 8.99. The molecule has 2 atom stereocenters. The van der Waals surface area contributed by atoms with Crippen LogP contribution in [-0.4, -0.2) is 99.3 Å². The van der Waals surface area contributed by atoms with Gasteiger partial charge in [0.2, 0.25) is 5.91 Å². The summed E-state index contributed by atoms with van der Waals surface area (Å²) in [4.78, 5) is 45.3. The average molecular weight is 549 g/mol. The van der Waals surface area contributed by atoms with Crippen molar-refractivity contribution in [2.24, 2.45) is 11.7 Å². The van der Waals surface area contributed by atoms with Crippen LogP contribution >= 0.6 is 0 Å². The van der Waals surface area contributed by atoms with Gasteiger partial charge in [0.25, 0.3) is 0 Å². The van der Waals surface area contributed by atoms with Crippen LogP contribution in [0.3, 0.4) is 0 Å². The van der Waals surface area contributed by atoms with E-state index in [1.807, 2.05) is 6.92 Å². The molecule has 2 unspecified atom stereocenters. The lowest BCUT2D eigenvalue weighted by Crippen LogP contribution is -2.30. The maximum atomic E-state index is 11.9. The molecule has 0 aliphatic heterocycles. The van der Waals surface area contributed by atoms with Crippen LogP contribution in [0, 0.1) is 5.92 Å². The number of nitrogens with two attached hydrogens (primary N) is 1. The molecular weight excluding hydrogens is 500 g/mol. The van der Waals surface area contributed by atoms with Gasteiger partial charge in [-0.25, -0.2) is 0 Å². The smallest absolute Gasteiger partial charge is 0.320 e. The SMILES string of the molecule is CCCC(CCC(=O)CCCOCCOCCOCCOCCC(=O)NCCCCC(N)C(=O)O)C(=O)O. The number of carboxylic acids is 2. The van der Waals surface area contributed by atoms with Gasteiger partial charge in [-0.3, -0.25) is 19.2 Å². The Hall–Kier alpha value is -2.12. The summed E-state index contributed by atoms with van der Waals surface area (Å²) >= 11 is 0. The van der Waals surface area contributed by atoms with E-state index < -0.39 is 23.9 Å². The number of nitrogens with one attached hydrogen (secondary N) is 1. The van der Waals surface area contributed by atoms with Crippen molar-refractivity contribution in [3.63, 3.8) is 0 Å². The Labute approximate surface area is 225 Å². The van der Waals surface area contributed by atoms with Crippen molar-refractivity contribution >= 4 is 23.6 Å². The quantitative estimate of drug-likeness (QED) is 0.104. The number of carbonyl (C=O) groups excluding carboxylic acids is 2. The van der Waals surface area contributed by atoms with E-state index in [0.29, 0.717) is 111 Å². The van der Waals surface area contributed by atoms with E-state index in [0.717, 1.165) is 6.42 Å². The van der Waals surface area contributed by atoms with Gasteiger partial charge in [-0.2, -0.15) is 0 Å². The molecule has 12 nitrogen and oxygen atoms in total. The van der Waals surface area contributed by atoms with Gasteiger partial charge in [0, 0.05) is 32.4 Å². The molecule has 38 heavy (non-hydrogen) atoms. The Morgan fingerprint density at radius 2 is 1.26 bits per heavy atom. The van der Waals surface area contributed by atoms with Gasteiger partial charge >= 0.3 is 11.9 Å². The van der Waals surface area contributed by atoms with Gasteiger partial charge in [-0.15, -0.1) is 0 Å². The zero-order valence-corrected chi connectivity index (χ0v) is 22.8. The van der Waals surface area contributed by atoms with Crippen molar-refractivity contribution in [2.75, 3.05) is 59.4 Å². The highest BCUT2D eigenvalue weighted by molar-refractivity contribution is 5.79. The minimum absolute atomic E-state index is 0.0734. The number of hydrogen-bond donors (Lipinski definition) is 4. The predicted octanol–water partition coefficient (Wildman–Crippen LogP) is 1.77. The molecule has 0 aliphatic carbocycles. The Kier molecular flexibility index (Phi) is 23.8. The molecule has 0 aromatic carbocycles. The van der Waals surface area contributed by atoms with E-state index in [4.69, 9.17) is 34.9 Å². The molecule has 0 bridgehead atoms. The molecule has 0 rings (SSSR count). The molecule has 0 fully saturated rings. The average Bonchev–Trinajstić information content (AvgIpc) is 2.88. The zero-order chi connectivity index (χ0) is 28.4. The van der Waals surface area contributed by atoms with Crippen molar-refractivity contribution < 1.29 is 48.3 Å². The highest BCUT2D eigenvalue weighted by Crippen LogP contribution is 2.15. The number of ketones is 1. The topological polar surface area (TPSA) is 184 Å². The van der Waals surface area contributed by atoms with Gasteiger partial charge in [0.05, 0.1) is 52.2 Å². The highest BCUT2D eigenvalue weighted by atomic mass is 16.6. The first-order valence-corrected chi connectivity index (χ1v) is 13.6. The Morgan fingerprint density at radius 1 is 0.684 bits per heavy atom. The molecule has 0 aromatic heterocycles. The van der Waals surface area contributed by atoms with Gasteiger partial charge in [0.1, 0.15) is 11.8 Å². The van der Waals surface area contributed by atoms with E-state index in [-0.39, 0.29) is 18.1 Å². The van der Waals surface area contributed by atoms with E-state index in [1.54, 1.807) is 0 Å². The van der Waals surface area contributed by atoms with Crippen LogP contribution in [0.15, 0.2) is 0 Å². The molecular formula is C26H48N2O10. The highest BCUT2D eigenvalue weighted by Gasteiger charge is 2.17. The first-order valence-electron chi connectivity index (χ1n) is 13.6. The van der Waals surface area contributed by atoms with Crippen LogP contribution in [0.5, 0.6) is 0 Å². The molecule has 0 spiro atoms. The molecule has 5 N–H and O–H groups in total. The fourth-order valence-electron chi connectivity index (χ4n) is 3.43. The molecule has 0 saturated heterocycles. The summed E-state index contributed by atoms with van der Waals surface area (Å²) < 4.78 is 21.6. The van der Waals surface area contributed by atoms with E-state index in [2.05, 4.69) is 5.32 Å². The van der Waals surface area contributed by atoms with Crippen molar-refractivity contribution in [3.05, 3.63) is 0 Å². The maximum absolute atomic E-state index is 11.9. The first-order chi connectivity index (χ1) is 18.3. The van der Waals surface area contributed by atoms with Crippen LogP contribution in [-0.2, 0) is 38.1 Å². The summed E-state index contributed by atoms with van der Waals surface area (Å²) in [5.41, 5.74) is 5.41. The van der Waals surface area contributed by atoms with Crippen LogP contribution in [0.2, 0.25) is 0 Å². The summed E-state index contributed by atoms with van der Waals surface area (Å²) in [5.74, 6) is -2.32. The number of ether oxygens (including phenoxy) is 4.